The molecular weight excluding hydrogens is 148 g/mol. The fourth-order valence-electron chi connectivity index (χ4n) is 1.52. The van der Waals surface area contributed by atoms with Crippen LogP contribution >= 0.6 is 0 Å². The first kappa shape index (κ1) is 9.24. The first-order chi connectivity index (χ1) is 5.59. The standard InChI is InChI=1S/C11H16O/c1-8(2)6-10-5-4-9(3)7-11(10)12/h6-7,10H,4-5H2,1-3H3. The second-order valence-corrected chi connectivity index (χ2v) is 3.78. The van der Waals surface area contributed by atoms with Crippen LogP contribution in [-0.2, 0) is 4.79 Å². The minimum absolute atomic E-state index is 0.152. The van der Waals surface area contributed by atoms with Gasteiger partial charge in [-0.25, -0.2) is 0 Å². The van der Waals surface area contributed by atoms with E-state index in [1.807, 2.05) is 20.8 Å². The number of rotatable bonds is 1. The Labute approximate surface area is 74.2 Å². The molecule has 66 valence electrons. The van der Waals surface area contributed by atoms with Crippen LogP contribution in [0.3, 0.4) is 0 Å². The SMILES string of the molecule is CC(C)=CC1CCC(C)=CC1=O. The molecule has 1 atom stereocenters. The minimum atomic E-state index is 0.152. The third-order valence-electron chi connectivity index (χ3n) is 2.14. The lowest BCUT2D eigenvalue weighted by Gasteiger charge is -2.15. The molecule has 0 aromatic heterocycles. The highest BCUT2D eigenvalue weighted by atomic mass is 16.1. The summed E-state index contributed by atoms with van der Waals surface area (Å²) in [5.74, 6) is 0.429. The first-order valence-electron chi connectivity index (χ1n) is 4.45. The quantitative estimate of drug-likeness (QED) is 0.545. The molecule has 1 nitrogen and oxygen atoms in total. The topological polar surface area (TPSA) is 17.1 Å². The molecule has 0 bridgehead atoms. The third kappa shape index (κ3) is 2.33. The van der Waals surface area contributed by atoms with E-state index in [4.69, 9.17) is 0 Å². The van der Waals surface area contributed by atoms with Crippen molar-refractivity contribution in [2.75, 3.05) is 0 Å². The van der Waals surface area contributed by atoms with Gasteiger partial charge in [-0.15, -0.1) is 0 Å². The van der Waals surface area contributed by atoms with Crippen LogP contribution in [0.1, 0.15) is 33.6 Å². The Bertz CT molecular complexity index is 242. The van der Waals surface area contributed by atoms with Crippen molar-refractivity contribution >= 4 is 5.78 Å². The van der Waals surface area contributed by atoms with Crippen molar-refractivity contribution in [2.24, 2.45) is 5.92 Å². The molecular formula is C11H16O. The average Bonchev–Trinajstić information content (AvgIpc) is 1.94. The van der Waals surface area contributed by atoms with E-state index in [-0.39, 0.29) is 11.7 Å². The van der Waals surface area contributed by atoms with Gasteiger partial charge < -0.3 is 0 Å². The van der Waals surface area contributed by atoms with Gasteiger partial charge in [0.25, 0.3) is 0 Å². The number of hydrogen-bond donors (Lipinski definition) is 0. The lowest BCUT2D eigenvalue weighted by molar-refractivity contribution is -0.117. The summed E-state index contributed by atoms with van der Waals surface area (Å²) in [6.45, 7) is 6.10. The Morgan fingerprint density at radius 1 is 1.58 bits per heavy atom. The van der Waals surface area contributed by atoms with Crippen molar-refractivity contribution in [2.45, 2.75) is 33.6 Å². The zero-order valence-corrected chi connectivity index (χ0v) is 8.05. The van der Waals surface area contributed by atoms with Gasteiger partial charge in [0.2, 0.25) is 0 Å². The molecule has 0 saturated heterocycles. The van der Waals surface area contributed by atoms with E-state index in [1.165, 1.54) is 11.1 Å². The van der Waals surface area contributed by atoms with Crippen molar-refractivity contribution in [1.82, 2.24) is 0 Å². The number of allylic oxidation sites excluding steroid dienone is 4. The average molecular weight is 164 g/mol. The Morgan fingerprint density at radius 2 is 2.25 bits per heavy atom. The van der Waals surface area contributed by atoms with Gasteiger partial charge in [0, 0.05) is 5.92 Å². The van der Waals surface area contributed by atoms with E-state index in [2.05, 4.69) is 6.08 Å². The molecule has 0 aliphatic heterocycles. The second kappa shape index (κ2) is 3.70. The highest BCUT2D eigenvalue weighted by Crippen LogP contribution is 2.22. The molecule has 1 aliphatic carbocycles. The van der Waals surface area contributed by atoms with E-state index in [1.54, 1.807) is 6.08 Å². The van der Waals surface area contributed by atoms with Gasteiger partial charge in [0.15, 0.2) is 5.78 Å². The summed E-state index contributed by atoms with van der Waals surface area (Å²) in [6.07, 6.45) is 5.92. The monoisotopic (exact) mass is 164 g/mol. The van der Waals surface area contributed by atoms with E-state index in [0.29, 0.717) is 0 Å². The van der Waals surface area contributed by atoms with E-state index >= 15 is 0 Å². The van der Waals surface area contributed by atoms with Crippen molar-refractivity contribution in [3.8, 4) is 0 Å². The number of carbonyl (C=O) groups is 1. The van der Waals surface area contributed by atoms with Gasteiger partial charge >= 0.3 is 0 Å². The minimum Gasteiger partial charge on any atom is -0.294 e. The van der Waals surface area contributed by atoms with E-state index < -0.39 is 0 Å². The Morgan fingerprint density at radius 3 is 2.75 bits per heavy atom. The molecule has 1 heteroatoms. The Kier molecular flexibility index (Phi) is 2.85. The molecule has 0 radical (unpaired) electrons. The Hall–Kier alpha value is -0.850. The third-order valence-corrected chi connectivity index (χ3v) is 2.14. The smallest absolute Gasteiger partial charge is 0.162 e. The summed E-state index contributed by atoms with van der Waals surface area (Å²) in [4.78, 5) is 11.4. The molecule has 0 aromatic rings. The van der Waals surface area contributed by atoms with Gasteiger partial charge in [-0.3, -0.25) is 4.79 Å². The summed E-state index contributed by atoms with van der Waals surface area (Å²) in [5.41, 5.74) is 2.46. The van der Waals surface area contributed by atoms with Gasteiger partial charge in [-0.2, -0.15) is 0 Å². The van der Waals surface area contributed by atoms with Gasteiger partial charge in [-0.1, -0.05) is 17.2 Å². The maximum atomic E-state index is 11.4. The van der Waals surface area contributed by atoms with Crippen LogP contribution in [0, 0.1) is 5.92 Å². The van der Waals surface area contributed by atoms with Gasteiger partial charge in [0.05, 0.1) is 0 Å². The van der Waals surface area contributed by atoms with Crippen molar-refractivity contribution < 1.29 is 4.79 Å². The number of ketones is 1. The van der Waals surface area contributed by atoms with E-state index in [0.717, 1.165) is 12.8 Å². The lowest BCUT2D eigenvalue weighted by atomic mass is 9.88. The van der Waals surface area contributed by atoms with Crippen LogP contribution in [-0.4, -0.2) is 5.78 Å². The maximum Gasteiger partial charge on any atom is 0.162 e. The van der Waals surface area contributed by atoms with Crippen LogP contribution in [0.4, 0.5) is 0 Å². The highest BCUT2D eigenvalue weighted by Gasteiger charge is 2.17. The van der Waals surface area contributed by atoms with Crippen LogP contribution in [0.25, 0.3) is 0 Å². The van der Waals surface area contributed by atoms with Crippen molar-refractivity contribution in [3.05, 3.63) is 23.3 Å². The lowest BCUT2D eigenvalue weighted by Crippen LogP contribution is -2.14. The fraction of sp³-hybridized carbons (Fsp3) is 0.545. The van der Waals surface area contributed by atoms with Crippen LogP contribution < -0.4 is 0 Å². The van der Waals surface area contributed by atoms with Crippen molar-refractivity contribution in [1.29, 1.82) is 0 Å². The largest absolute Gasteiger partial charge is 0.294 e. The molecule has 0 N–H and O–H groups in total. The predicted molar refractivity (Wildman–Crippen MR) is 50.9 cm³/mol. The normalized spacial score (nSPS) is 23.4. The summed E-state index contributed by atoms with van der Waals surface area (Å²) >= 11 is 0. The fourth-order valence-corrected chi connectivity index (χ4v) is 1.52. The number of carbonyl (C=O) groups excluding carboxylic acids is 1. The van der Waals surface area contributed by atoms with Crippen LogP contribution in [0.2, 0.25) is 0 Å². The summed E-state index contributed by atoms with van der Waals surface area (Å²) < 4.78 is 0. The summed E-state index contributed by atoms with van der Waals surface area (Å²) in [6, 6.07) is 0. The molecule has 0 saturated carbocycles. The second-order valence-electron chi connectivity index (χ2n) is 3.78. The summed E-state index contributed by atoms with van der Waals surface area (Å²) in [5, 5.41) is 0. The zero-order chi connectivity index (χ0) is 9.14. The summed E-state index contributed by atoms with van der Waals surface area (Å²) in [7, 11) is 0. The molecule has 1 aliphatic rings. The Balaban J connectivity index is 2.72. The van der Waals surface area contributed by atoms with E-state index in [9.17, 15) is 4.79 Å². The number of hydrogen-bond acceptors (Lipinski definition) is 1. The van der Waals surface area contributed by atoms with Gasteiger partial charge in [0.1, 0.15) is 0 Å². The van der Waals surface area contributed by atoms with Crippen LogP contribution in [0.15, 0.2) is 23.3 Å². The molecule has 0 fully saturated rings. The molecule has 1 rings (SSSR count). The molecule has 0 spiro atoms. The van der Waals surface area contributed by atoms with Crippen LogP contribution in [0.5, 0.6) is 0 Å². The van der Waals surface area contributed by atoms with Crippen molar-refractivity contribution in [3.63, 3.8) is 0 Å². The molecule has 0 aromatic carbocycles. The highest BCUT2D eigenvalue weighted by molar-refractivity contribution is 5.94. The molecule has 1 unspecified atom stereocenters. The predicted octanol–water partition coefficient (Wildman–Crippen LogP) is 2.88. The first-order valence-corrected chi connectivity index (χ1v) is 4.45. The zero-order valence-electron chi connectivity index (χ0n) is 8.05. The van der Waals surface area contributed by atoms with Gasteiger partial charge in [-0.05, 0) is 39.7 Å². The molecule has 12 heavy (non-hydrogen) atoms. The molecule has 0 amide bonds. The maximum absolute atomic E-state index is 11.4. The molecule has 0 heterocycles.